The summed E-state index contributed by atoms with van der Waals surface area (Å²) in [5.41, 5.74) is 1.22. The molecule has 3 N–H and O–H groups in total. The van der Waals surface area contributed by atoms with Gasteiger partial charge < -0.3 is 10.6 Å². The Labute approximate surface area is 132 Å². The highest BCUT2D eigenvalue weighted by atomic mass is 79.9. The summed E-state index contributed by atoms with van der Waals surface area (Å²) in [6, 6.07) is 6.14. The summed E-state index contributed by atoms with van der Waals surface area (Å²) in [6.45, 7) is 0.539. The number of H-pyrrole nitrogens is 1. The Morgan fingerprint density at radius 2 is 1.95 bits per heavy atom. The summed E-state index contributed by atoms with van der Waals surface area (Å²) in [5, 5.41) is 11.3. The maximum atomic E-state index is 12.3. The minimum absolute atomic E-state index is 0.128. The number of amides is 1. The number of carbonyl (C=O) groups is 1. The fraction of sp³-hybridized carbons (Fsp3) is 0.231. The Balaban J connectivity index is 2.16. The van der Waals surface area contributed by atoms with Crippen molar-refractivity contribution in [3.8, 4) is 0 Å². The normalized spacial score (nSPS) is 11.3. The van der Waals surface area contributed by atoms with Crippen LogP contribution >= 0.6 is 15.9 Å². The van der Waals surface area contributed by atoms with Crippen molar-refractivity contribution in [2.24, 2.45) is 0 Å². The molecule has 1 amide bonds. The summed E-state index contributed by atoms with van der Waals surface area (Å²) < 4.78 is 37.4. The quantitative estimate of drug-likeness (QED) is 0.761. The van der Waals surface area contributed by atoms with Crippen LogP contribution in [0.15, 0.2) is 28.7 Å². The molecule has 1 aromatic heterocycles. The lowest BCUT2D eigenvalue weighted by atomic mass is 10.2. The van der Waals surface area contributed by atoms with Crippen molar-refractivity contribution in [2.75, 3.05) is 17.2 Å². The minimum atomic E-state index is -4.35. The van der Waals surface area contributed by atoms with Crippen molar-refractivity contribution in [2.45, 2.75) is 13.1 Å². The maximum Gasteiger partial charge on any atom is 0.405 e. The van der Waals surface area contributed by atoms with Crippen molar-refractivity contribution in [1.82, 2.24) is 10.2 Å². The highest BCUT2D eigenvalue weighted by Gasteiger charge is 2.27. The van der Waals surface area contributed by atoms with E-state index in [1.807, 2.05) is 0 Å². The molecule has 5 nitrogen and oxygen atoms in total. The molecule has 0 fully saturated rings. The molecule has 118 valence electrons. The molecule has 0 spiro atoms. The highest BCUT2D eigenvalue weighted by Crippen LogP contribution is 2.25. The second-order valence-corrected chi connectivity index (χ2v) is 5.27. The predicted octanol–water partition coefficient (Wildman–Crippen LogP) is 3.71. The first kappa shape index (κ1) is 16.3. The number of aryl methyl sites for hydroxylation is 1. The van der Waals surface area contributed by atoms with E-state index in [0.717, 1.165) is 0 Å². The summed E-state index contributed by atoms with van der Waals surface area (Å²) in [5.74, 6) is -0.530. The second-order valence-electron chi connectivity index (χ2n) is 4.48. The van der Waals surface area contributed by atoms with E-state index in [0.29, 0.717) is 10.2 Å². The zero-order valence-electron chi connectivity index (χ0n) is 11.4. The fourth-order valence-corrected chi connectivity index (χ4v) is 2.05. The fourth-order valence-electron chi connectivity index (χ4n) is 1.69. The Kier molecular flexibility index (Phi) is 4.74. The molecule has 0 saturated heterocycles. The molecule has 0 aliphatic heterocycles. The number of rotatable bonds is 4. The van der Waals surface area contributed by atoms with Gasteiger partial charge in [-0.2, -0.15) is 18.3 Å². The first-order chi connectivity index (χ1) is 10.3. The third-order valence-electron chi connectivity index (χ3n) is 2.74. The van der Waals surface area contributed by atoms with E-state index in [1.54, 1.807) is 19.1 Å². The number of hydrogen-bond acceptors (Lipinski definition) is 3. The van der Waals surface area contributed by atoms with Crippen LogP contribution < -0.4 is 10.6 Å². The van der Waals surface area contributed by atoms with Crippen LogP contribution in [0.3, 0.4) is 0 Å². The van der Waals surface area contributed by atoms with Gasteiger partial charge in [0.25, 0.3) is 5.91 Å². The number of halogens is 4. The first-order valence-electron chi connectivity index (χ1n) is 6.19. The SMILES string of the molecule is Cc1[nH]nc(C(=O)Nc2ccccc2NCC(F)(F)F)c1Br. The summed E-state index contributed by atoms with van der Waals surface area (Å²) in [7, 11) is 0. The lowest BCUT2D eigenvalue weighted by Gasteiger charge is -2.14. The Morgan fingerprint density at radius 1 is 1.32 bits per heavy atom. The van der Waals surface area contributed by atoms with E-state index in [9.17, 15) is 18.0 Å². The van der Waals surface area contributed by atoms with Crippen LogP contribution in [0.1, 0.15) is 16.2 Å². The Bertz CT molecular complexity index is 684. The molecule has 9 heteroatoms. The monoisotopic (exact) mass is 376 g/mol. The number of anilines is 2. The van der Waals surface area contributed by atoms with Crippen LogP contribution in [-0.4, -0.2) is 28.8 Å². The molecule has 1 aromatic carbocycles. The number of hydrogen-bond donors (Lipinski definition) is 3. The number of aromatic amines is 1. The molecule has 0 unspecified atom stereocenters. The summed E-state index contributed by atoms with van der Waals surface area (Å²) in [6.07, 6.45) is -4.35. The highest BCUT2D eigenvalue weighted by molar-refractivity contribution is 9.10. The topological polar surface area (TPSA) is 69.8 Å². The molecule has 0 bridgehead atoms. The third-order valence-corrected chi connectivity index (χ3v) is 3.71. The van der Waals surface area contributed by atoms with Crippen LogP contribution in [0.2, 0.25) is 0 Å². The van der Waals surface area contributed by atoms with Gasteiger partial charge in [-0.05, 0) is 35.0 Å². The molecule has 0 aliphatic carbocycles. The Hall–Kier alpha value is -2.03. The maximum absolute atomic E-state index is 12.3. The zero-order valence-corrected chi connectivity index (χ0v) is 13.0. The molecule has 2 rings (SSSR count). The standard InChI is InChI=1S/C13H12BrF3N4O/c1-7-10(14)11(21-20-7)12(22)19-9-5-3-2-4-8(9)18-6-13(15,16)17/h2-5,18H,6H2,1H3,(H,19,22)(H,20,21). The van der Waals surface area contributed by atoms with Crippen LogP contribution in [0, 0.1) is 6.92 Å². The van der Waals surface area contributed by atoms with E-state index >= 15 is 0 Å². The average molecular weight is 377 g/mol. The lowest BCUT2D eigenvalue weighted by molar-refractivity contribution is -0.115. The van der Waals surface area contributed by atoms with Gasteiger partial charge in [0.15, 0.2) is 5.69 Å². The van der Waals surface area contributed by atoms with Gasteiger partial charge in [-0.3, -0.25) is 9.89 Å². The first-order valence-corrected chi connectivity index (χ1v) is 6.98. The van der Waals surface area contributed by atoms with Crippen molar-refractivity contribution in [3.63, 3.8) is 0 Å². The van der Waals surface area contributed by atoms with Crippen LogP contribution in [0.25, 0.3) is 0 Å². The summed E-state index contributed by atoms with van der Waals surface area (Å²) >= 11 is 3.22. The van der Waals surface area contributed by atoms with E-state index in [2.05, 4.69) is 36.8 Å². The van der Waals surface area contributed by atoms with Gasteiger partial charge in [-0.15, -0.1) is 0 Å². The molecule has 2 aromatic rings. The number of aromatic nitrogens is 2. The Morgan fingerprint density at radius 3 is 2.50 bits per heavy atom. The number of benzene rings is 1. The second kappa shape index (κ2) is 6.39. The van der Waals surface area contributed by atoms with Gasteiger partial charge in [0.05, 0.1) is 15.8 Å². The number of para-hydroxylation sites is 2. The number of nitrogens with zero attached hydrogens (tertiary/aromatic N) is 1. The van der Waals surface area contributed by atoms with Gasteiger partial charge in [0, 0.05) is 5.69 Å². The molecular formula is C13H12BrF3N4O. The van der Waals surface area contributed by atoms with E-state index in [1.165, 1.54) is 12.1 Å². The smallest absolute Gasteiger partial charge is 0.375 e. The van der Waals surface area contributed by atoms with Crippen molar-refractivity contribution in [3.05, 3.63) is 40.1 Å². The zero-order chi connectivity index (χ0) is 16.3. The largest absolute Gasteiger partial charge is 0.405 e. The van der Waals surface area contributed by atoms with Crippen molar-refractivity contribution >= 4 is 33.2 Å². The molecule has 0 radical (unpaired) electrons. The number of alkyl halides is 3. The molecule has 0 atom stereocenters. The lowest BCUT2D eigenvalue weighted by Crippen LogP contribution is -2.22. The van der Waals surface area contributed by atoms with E-state index in [-0.39, 0.29) is 17.1 Å². The average Bonchev–Trinajstić information content (AvgIpc) is 2.77. The predicted molar refractivity (Wildman–Crippen MR) is 80.0 cm³/mol. The number of carbonyl (C=O) groups excluding carboxylic acids is 1. The molecule has 1 heterocycles. The van der Waals surface area contributed by atoms with Crippen molar-refractivity contribution in [1.29, 1.82) is 0 Å². The third kappa shape index (κ3) is 4.00. The van der Waals surface area contributed by atoms with Gasteiger partial charge in [0.1, 0.15) is 6.54 Å². The molecule has 0 aliphatic rings. The van der Waals surface area contributed by atoms with Gasteiger partial charge >= 0.3 is 6.18 Å². The molecular weight excluding hydrogens is 365 g/mol. The van der Waals surface area contributed by atoms with Crippen LogP contribution in [-0.2, 0) is 0 Å². The van der Waals surface area contributed by atoms with Gasteiger partial charge in [-0.25, -0.2) is 0 Å². The van der Waals surface area contributed by atoms with E-state index < -0.39 is 18.6 Å². The van der Waals surface area contributed by atoms with Gasteiger partial charge in [-0.1, -0.05) is 12.1 Å². The van der Waals surface area contributed by atoms with Crippen LogP contribution in [0.5, 0.6) is 0 Å². The van der Waals surface area contributed by atoms with Crippen molar-refractivity contribution < 1.29 is 18.0 Å². The molecule has 0 saturated carbocycles. The van der Waals surface area contributed by atoms with Crippen LogP contribution in [0.4, 0.5) is 24.5 Å². The number of nitrogens with one attached hydrogen (secondary N) is 3. The molecule has 22 heavy (non-hydrogen) atoms. The summed E-state index contributed by atoms with van der Waals surface area (Å²) in [4.78, 5) is 12.1. The minimum Gasteiger partial charge on any atom is -0.375 e. The van der Waals surface area contributed by atoms with Gasteiger partial charge in [0.2, 0.25) is 0 Å². The van der Waals surface area contributed by atoms with E-state index in [4.69, 9.17) is 0 Å².